The lowest BCUT2D eigenvalue weighted by Crippen LogP contribution is -2.53. The predicted molar refractivity (Wildman–Crippen MR) is 133 cm³/mol. The molecule has 0 unspecified atom stereocenters. The molecular formula is C26H27BrN4O4. The number of anilines is 1. The summed E-state index contributed by atoms with van der Waals surface area (Å²) in [6.45, 7) is 4.32. The van der Waals surface area contributed by atoms with E-state index in [1.165, 1.54) is 4.90 Å². The predicted octanol–water partition coefficient (Wildman–Crippen LogP) is 2.80. The highest BCUT2D eigenvalue weighted by Crippen LogP contribution is 2.46. The Labute approximate surface area is 212 Å². The highest BCUT2D eigenvalue weighted by Gasteiger charge is 2.58. The average molecular weight is 539 g/mol. The number of halogens is 1. The molecule has 1 saturated heterocycles. The molecule has 2 aromatic carbocycles. The van der Waals surface area contributed by atoms with Gasteiger partial charge < -0.3 is 20.9 Å². The van der Waals surface area contributed by atoms with E-state index in [1.807, 2.05) is 50.2 Å². The van der Waals surface area contributed by atoms with Gasteiger partial charge in [-0.15, -0.1) is 0 Å². The molecule has 0 aromatic heterocycles. The Balaban J connectivity index is 1.51. The third kappa shape index (κ3) is 3.73. The van der Waals surface area contributed by atoms with Crippen molar-refractivity contribution in [1.29, 1.82) is 0 Å². The van der Waals surface area contributed by atoms with Crippen LogP contribution in [0.15, 0.2) is 46.9 Å². The van der Waals surface area contributed by atoms with Gasteiger partial charge in [-0.05, 0) is 54.2 Å². The zero-order chi connectivity index (χ0) is 25.1. The van der Waals surface area contributed by atoms with E-state index in [4.69, 9.17) is 5.73 Å². The normalized spacial score (nSPS) is 23.6. The van der Waals surface area contributed by atoms with Gasteiger partial charge in [0.1, 0.15) is 12.1 Å². The van der Waals surface area contributed by atoms with Gasteiger partial charge in [-0.3, -0.25) is 19.2 Å². The lowest BCUT2D eigenvalue weighted by Gasteiger charge is -2.33. The molecule has 0 bridgehead atoms. The van der Waals surface area contributed by atoms with E-state index in [0.29, 0.717) is 24.2 Å². The van der Waals surface area contributed by atoms with Crippen LogP contribution in [0, 0.1) is 5.92 Å². The van der Waals surface area contributed by atoms with Crippen LogP contribution >= 0.6 is 15.9 Å². The summed E-state index contributed by atoms with van der Waals surface area (Å²) >= 11 is 3.45. The Hall–Kier alpha value is -3.20. The van der Waals surface area contributed by atoms with Crippen LogP contribution in [-0.2, 0) is 26.3 Å². The first kappa shape index (κ1) is 23.5. The van der Waals surface area contributed by atoms with Crippen molar-refractivity contribution in [3.8, 4) is 0 Å². The van der Waals surface area contributed by atoms with E-state index < -0.39 is 23.4 Å². The highest BCUT2D eigenvalue weighted by atomic mass is 79.9. The molecule has 0 saturated carbocycles. The molecule has 4 amide bonds. The summed E-state index contributed by atoms with van der Waals surface area (Å²) in [7, 11) is 0. The van der Waals surface area contributed by atoms with Gasteiger partial charge in [-0.1, -0.05) is 48.0 Å². The maximum atomic E-state index is 14.1. The highest BCUT2D eigenvalue weighted by molar-refractivity contribution is 9.10. The SMILES string of the molecule is CC(C)C[C@@H](C(=O)N1C[C@]2(C[C@H]1C(N)=O)C(=O)Nc1ccccc12)N1Cc2cc(Br)ccc2C1=O. The van der Waals surface area contributed by atoms with Crippen molar-refractivity contribution in [3.05, 3.63) is 63.6 Å². The fourth-order valence-electron chi connectivity index (χ4n) is 5.69. The topological polar surface area (TPSA) is 113 Å². The zero-order valence-corrected chi connectivity index (χ0v) is 21.2. The van der Waals surface area contributed by atoms with Crippen LogP contribution in [0.1, 0.15) is 48.2 Å². The van der Waals surface area contributed by atoms with Crippen LogP contribution in [0.4, 0.5) is 5.69 Å². The van der Waals surface area contributed by atoms with Crippen molar-refractivity contribution in [2.24, 2.45) is 11.7 Å². The minimum atomic E-state index is -1.04. The van der Waals surface area contributed by atoms with Gasteiger partial charge >= 0.3 is 0 Å². The number of primary amides is 1. The standard InChI is InChI=1S/C26H27BrN4O4/c1-14(2)9-20(30-12-15-10-16(27)7-8-17(15)23(30)33)24(34)31-13-26(11-21(31)22(28)32)18-5-3-4-6-19(18)29-25(26)35/h3-8,10,14,20-21H,9,11-13H2,1-2H3,(H2,28,32)(H,29,35)/t20-,21-,26-/m0/s1. The number of amides is 4. The molecule has 3 atom stereocenters. The molecule has 2 aromatic rings. The van der Waals surface area contributed by atoms with Crippen molar-refractivity contribution in [2.45, 2.75) is 50.7 Å². The van der Waals surface area contributed by atoms with Crippen molar-refractivity contribution in [2.75, 3.05) is 11.9 Å². The number of benzene rings is 2. The second-order valence-electron chi connectivity index (χ2n) is 10.1. The van der Waals surface area contributed by atoms with Gasteiger partial charge in [0.15, 0.2) is 0 Å². The van der Waals surface area contributed by atoms with Crippen molar-refractivity contribution in [3.63, 3.8) is 0 Å². The number of nitrogens with one attached hydrogen (secondary N) is 1. The van der Waals surface area contributed by atoms with Gasteiger partial charge in [-0.25, -0.2) is 0 Å². The third-order valence-electron chi connectivity index (χ3n) is 7.35. The molecule has 1 fully saturated rings. The Morgan fingerprint density at radius 2 is 1.94 bits per heavy atom. The molecule has 35 heavy (non-hydrogen) atoms. The molecule has 9 heteroatoms. The van der Waals surface area contributed by atoms with Gasteiger partial charge in [0.25, 0.3) is 5.91 Å². The number of carbonyl (C=O) groups excluding carboxylic acids is 4. The fraction of sp³-hybridized carbons (Fsp3) is 0.385. The fourth-order valence-corrected chi connectivity index (χ4v) is 6.10. The van der Waals surface area contributed by atoms with Gasteiger partial charge in [-0.2, -0.15) is 0 Å². The van der Waals surface area contributed by atoms with Crippen LogP contribution < -0.4 is 11.1 Å². The first-order valence-corrected chi connectivity index (χ1v) is 12.5. The Morgan fingerprint density at radius 3 is 2.66 bits per heavy atom. The maximum absolute atomic E-state index is 14.1. The molecule has 0 aliphatic carbocycles. The van der Waals surface area contributed by atoms with E-state index in [9.17, 15) is 19.2 Å². The molecule has 8 nitrogen and oxygen atoms in total. The summed E-state index contributed by atoms with van der Waals surface area (Å²) in [5.41, 5.74) is 7.58. The second kappa shape index (κ2) is 8.48. The summed E-state index contributed by atoms with van der Waals surface area (Å²) in [4.78, 5) is 56.1. The number of para-hydroxylation sites is 1. The monoisotopic (exact) mass is 538 g/mol. The van der Waals surface area contributed by atoms with Crippen molar-refractivity contribution in [1.82, 2.24) is 9.80 Å². The molecule has 3 heterocycles. The summed E-state index contributed by atoms with van der Waals surface area (Å²) in [5, 5.41) is 2.89. The summed E-state index contributed by atoms with van der Waals surface area (Å²) < 4.78 is 0.860. The van der Waals surface area contributed by atoms with E-state index in [1.54, 1.807) is 11.0 Å². The van der Waals surface area contributed by atoms with Crippen molar-refractivity contribution >= 4 is 45.2 Å². The lowest BCUT2D eigenvalue weighted by atomic mass is 9.79. The quantitative estimate of drug-likeness (QED) is 0.609. The first-order valence-electron chi connectivity index (χ1n) is 11.7. The number of likely N-dealkylation sites (tertiary alicyclic amines) is 1. The van der Waals surface area contributed by atoms with Crippen LogP contribution in [0.2, 0.25) is 0 Å². The van der Waals surface area contributed by atoms with Crippen LogP contribution in [-0.4, -0.2) is 52.1 Å². The van der Waals surface area contributed by atoms with Crippen LogP contribution in [0.3, 0.4) is 0 Å². The van der Waals surface area contributed by atoms with Crippen LogP contribution in [0.5, 0.6) is 0 Å². The number of hydrogen-bond donors (Lipinski definition) is 2. The van der Waals surface area contributed by atoms with E-state index in [0.717, 1.165) is 15.6 Å². The number of nitrogens with zero attached hydrogens (tertiary/aromatic N) is 2. The molecule has 182 valence electrons. The minimum Gasteiger partial charge on any atom is -0.368 e. The van der Waals surface area contributed by atoms with E-state index >= 15 is 0 Å². The van der Waals surface area contributed by atoms with Crippen molar-refractivity contribution < 1.29 is 19.2 Å². The smallest absolute Gasteiger partial charge is 0.255 e. The number of fused-ring (bicyclic) bond motifs is 3. The minimum absolute atomic E-state index is 0.0391. The average Bonchev–Trinajstić information content (AvgIpc) is 3.45. The number of nitrogens with two attached hydrogens (primary N) is 1. The molecule has 5 rings (SSSR count). The molecule has 3 aliphatic rings. The summed E-state index contributed by atoms with van der Waals surface area (Å²) in [6.07, 6.45) is 0.546. The van der Waals surface area contributed by atoms with E-state index in [2.05, 4.69) is 21.2 Å². The van der Waals surface area contributed by atoms with E-state index in [-0.39, 0.29) is 36.6 Å². The number of rotatable bonds is 5. The Kier molecular flexibility index (Phi) is 5.70. The Bertz CT molecular complexity index is 1260. The van der Waals surface area contributed by atoms with Gasteiger partial charge in [0, 0.05) is 28.8 Å². The zero-order valence-electron chi connectivity index (χ0n) is 19.6. The molecular weight excluding hydrogens is 512 g/mol. The molecule has 0 radical (unpaired) electrons. The Morgan fingerprint density at radius 1 is 1.20 bits per heavy atom. The summed E-state index contributed by atoms with van der Waals surface area (Å²) in [6, 6.07) is 11.1. The van der Waals surface area contributed by atoms with Crippen LogP contribution in [0.25, 0.3) is 0 Å². The maximum Gasteiger partial charge on any atom is 0.255 e. The largest absolute Gasteiger partial charge is 0.368 e. The third-order valence-corrected chi connectivity index (χ3v) is 7.84. The number of carbonyl (C=O) groups is 4. The van der Waals surface area contributed by atoms with Gasteiger partial charge in [0.05, 0.1) is 5.41 Å². The lowest BCUT2D eigenvalue weighted by molar-refractivity contribution is -0.141. The first-order chi connectivity index (χ1) is 16.6. The summed E-state index contributed by atoms with van der Waals surface area (Å²) in [5.74, 6) is -1.34. The van der Waals surface area contributed by atoms with Gasteiger partial charge in [0.2, 0.25) is 17.7 Å². The molecule has 3 aliphatic heterocycles. The number of hydrogen-bond acceptors (Lipinski definition) is 4. The molecule has 3 N–H and O–H groups in total. The molecule has 1 spiro atoms. The second-order valence-corrected chi connectivity index (χ2v) is 11.0.